The van der Waals surface area contributed by atoms with Gasteiger partial charge in [-0.15, -0.1) is 0 Å². The highest BCUT2D eigenvalue weighted by Crippen LogP contribution is 2.38. The molecule has 0 atom stereocenters. The number of benzene rings is 3. The smallest absolute Gasteiger partial charge is 0.251 e. The summed E-state index contributed by atoms with van der Waals surface area (Å²) in [6.45, 7) is 5.41. The Morgan fingerprint density at radius 3 is 2.26 bits per heavy atom. The van der Waals surface area contributed by atoms with Crippen molar-refractivity contribution >= 4 is 28.5 Å². The number of fused-ring (bicyclic) bond motifs is 1. The van der Waals surface area contributed by atoms with Crippen molar-refractivity contribution in [2.24, 2.45) is 0 Å². The molecule has 0 aliphatic rings. The molecule has 0 radical (unpaired) electrons. The van der Waals surface area contributed by atoms with Crippen molar-refractivity contribution in [3.63, 3.8) is 0 Å². The molecule has 0 saturated heterocycles. The molecule has 38 heavy (non-hydrogen) atoms. The van der Waals surface area contributed by atoms with Gasteiger partial charge < -0.3 is 28.8 Å². The molecule has 0 aliphatic heterocycles. The number of nitrogens with zero attached hydrogens (tertiary/aromatic N) is 2. The first-order valence-electron chi connectivity index (χ1n) is 12.3. The van der Waals surface area contributed by atoms with Crippen molar-refractivity contribution in [2.45, 2.75) is 33.4 Å². The molecule has 0 bridgehead atoms. The van der Waals surface area contributed by atoms with Crippen LogP contribution >= 0.6 is 11.6 Å². The van der Waals surface area contributed by atoms with Crippen LogP contribution in [0.2, 0.25) is 5.02 Å². The third kappa shape index (κ3) is 5.81. The molecule has 1 aromatic heterocycles. The number of rotatable bonds is 11. The molecule has 0 saturated carbocycles. The minimum atomic E-state index is -0.278. The molecule has 4 rings (SSSR count). The summed E-state index contributed by atoms with van der Waals surface area (Å²) in [7, 11) is 4.55. The molecule has 0 spiro atoms. The minimum absolute atomic E-state index is 0.251. The third-order valence-corrected chi connectivity index (χ3v) is 6.87. The molecule has 3 aromatic carbocycles. The van der Waals surface area contributed by atoms with Crippen molar-refractivity contribution in [3.8, 4) is 23.0 Å². The molecule has 200 valence electrons. The van der Waals surface area contributed by atoms with Crippen LogP contribution in [0.5, 0.6) is 23.0 Å². The monoisotopic (exact) mass is 537 g/mol. The molecule has 4 aromatic rings. The molecule has 0 fully saturated rings. The van der Waals surface area contributed by atoms with Crippen LogP contribution < -0.4 is 24.3 Å². The van der Waals surface area contributed by atoms with Gasteiger partial charge in [-0.25, -0.2) is 4.98 Å². The molecular weight excluding hydrogens is 506 g/mol. The maximum atomic E-state index is 13.0. The van der Waals surface area contributed by atoms with Crippen LogP contribution in [0.1, 0.15) is 33.7 Å². The summed E-state index contributed by atoms with van der Waals surface area (Å²) < 4.78 is 24.2. The first kappa shape index (κ1) is 27.1. The van der Waals surface area contributed by atoms with E-state index in [9.17, 15) is 4.79 Å². The lowest BCUT2D eigenvalue weighted by atomic mass is 10.1. The van der Waals surface area contributed by atoms with Gasteiger partial charge in [0.15, 0.2) is 11.5 Å². The first-order valence-corrected chi connectivity index (χ1v) is 12.7. The summed E-state index contributed by atoms with van der Waals surface area (Å²) in [5.41, 5.74) is 4.25. The highest BCUT2D eigenvalue weighted by Gasteiger charge is 2.18. The van der Waals surface area contributed by atoms with E-state index >= 15 is 0 Å². The van der Waals surface area contributed by atoms with E-state index in [4.69, 9.17) is 35.5 Å². The SMILES string of the molecule is COc1cc(C(=O)NCc2nc3ccccc3n2CCCOc2cc(C)c(Cl)c(C)c2)cc(OC)c1OC. The van der Waals surface area contributed by atoms with Crippen molar-refractivity contribution in [3.05, 3.63) is 76.1 Å². The molecule has 1 N–H and O–H groups in total. The number of halogens is 1. The summed E-state index contributed by atoms with van der Waals surface area (Å²) in [6, 6.07) is 15.1. The Labute approximate surface area is 227 Å². The standard InChI is InChI=1S/C29H32ClN3O5/c1-18-13-21(14-19(2)27(18)30)38-12-8-11-33-23-10-7-6-9-22(23)32-26(33)17-31-29(34)20-15-24(35-3)28(37-5)25(16-20)36-4/h6-7,9-10,13-16H,8,11-12,17H2,1-5H3,(H,31,34). The van der Waals surface area contributed by atoms with Crippen LogP contribution in [0.4, 0.5) is 0 Å². The number of carbonyl (C=O) groups is 1. The number of hydrogen-bond donors (Lipinski definition) is 1. The van der Waals surface area contributed by atoms with E-state index in [0.29, 0.717) is 36.0 Å². The molecule has 9 heteroatoms. The maximum Gasteiger partial charge on any atom is 0.251 e. The van der Waals surface area contributed by atoms with Crippen molar-refractivity contribution < 1.29 is 23.7 Å². The second kappa shape index (κ2) is 12.1. The van der Waals surface area contributed by atoms with Gasteiger partial charge in [-0.2, -0.15) is 0 Å². The molecule has 1 amide bonds. The summed E-state index contributed by atoms with van der Waals surface area (Å²) in [6.07, 6.45) is 0.759. The molecule has 8 nitrogen and oxygen atoms in total. The number of nitrogens with one attached hydrogen (secondary N) is 1. The Morgan fingerprint density at radius 2 is 1.63 bits per heavy atom. The van der Waals surface area contributed by atoms with Crippen molar-refractivity contribution in [2.75, 3.05) is 27.9 Å². The second-order valence-corrected chi connectivity index (χ2v) is 9.22. The lowest BCUT2D eigenvalue weighted by Crippen LogP contribution is -2.25. The van der Waals surface area contributed by atoms with Gasteiger partial charge in [0, 0.05) is 17.1 Å². The number of methoxy groups -OCH3 is 3. The molecule has 0 unspecified atom stereocenters. The fraction of sp³-hybridized carbons (Fsp3) is 0.310. The van der Waals surface area contributed by atoms with E-state index in [1.165, 1.54) is 21.3 Å². The van der Waals surface area contributed by atoms with Gasteiger partial charge in [0.05, 0.1) is 45.5 Å². The predicted octanol–water partition coefficient (Wildman–Crippen LogP) is 5.73. The topological polar surface area (TPSA) is 83.8 Å². The van der Waals surface area contributed by atoms with Crippen molar-refractivity contribution in [1.29, 1.82) is 0 Å². The zero-order chi connectivity index (χ0) is 27.2. The number of aryl methyl sites for hydroxylation is 3. The lowest BCUT2D eigenvalue weighted by Gasteiger charge is -2.14. The minimum Gasteiger partial charge on any atom is -0.494 e. The number of imidazole rings is 1. The lowest BCUT2D eigenvalue weighted by molar-refractivity contribution is 0.0948. The number of ether oxygens (including phenoxy) is 4. The second-order valence-electron chi connectivity index (χ2n) is 8.84. The summed E-state index contributed by atoms with van der Waals surface area (Å²) in [4.78, 5) is 17.8. The zero-order valence-electron chi connectivity index (χ0n) is 22.3. The Balaban J connectivity index is 1.47. The Morgan fingerprint density at radius 1 is 0.974 bits per heavy atom. The fourth-order valence-corrected chi connectivity index (χ4v) is 4.49. The molecule has 0 aliphatic carbocycles. The molecule has 1 heterocycles. The van der Waals surface area contributed by atoms with E-state index < -0.39 is 0 Å². The van der Waals surface area contributed by atoms with E-state index in [0.717, 1.165) is 45.2 Å². The van der Waals surface area contributed by atoms with E-state index in [-0.39, 0.29) is 12.5 Å². The average molecular weight is 538 g/mol. The quantitative estimate of drug-likeness (QED) is 0.246. The van der Waals surface area contributed by atoms with Gasteiger partial charge in [-0.1, -0.05) is 23.7 Å². The summed E-state index contributed by atoms with van der Waals surface area (Å²) >= 11 is 6.27. The number of para-hydroxylation sites is 2. The highest BCUT2D eigenvalue weighted by atomic mass is 35.5. The molecular formula is C29H32ClN3O5. The average Bonchev–Trinajstić information content (AvgIpc) is 3.28. The van der Waals surface area contributed by atoms with Gasteiger partial charge in [0.25, 0.3) is 5.91 Å². The number of amides is 1. The highest BCUT2D eigenvalue weighted by molar-refractivity contribution is 6.32. The maximum absolute atomic E-state index is 13.0. The van der Waals surface area contributed by atoms with Gasteiger partial charge in [0.1, 0.15) is 11.6 Å². The number of hydrogen-bond acceptors (Lipinski definition) is 6. The Kier molecular flexibility index (Phi) is 8.63. The van der Waals surface area contributed by atoms with Gasteiger partial charge in [0.2, 0.25) is 5.75 Å². The van der Waals surface area contributed by atoms with E-state index in [2.05, 4.69) is 9.88 Å². The summed E-state index contributed by atoms with van der Waals surface area (Å²) in [5, 5.41) is 3.74. The van der Waals surface area contributed by atoms with Gasteiger partial charge in [-0.3, -0.25) is 4.79 Å². The number of carbonyl (C=O) groups excluding carboxylic acids is 1. The zero-order valence-corrected chi connectivity index (χ0v) is 23.0. The predicted molar refractivity (Wildman–Crippen MR) is 148 cm³/mol. The van der Waals surface area contributed by atoms with Crippen LogP contribution in [-0.4, -0.2) is 43.4 Å². The first-order chi connectivity index (χ1) is 18.4. The Hall–Kier alpha value is -3.91. The van der Waals surface area contributed by atoms with Gasteiger partial charge >= 0.3 is 0 Å². The Bertz CT molecular complexity index is 1400. The number of aromatic nitrogens is 2. The van der Waals surface area contributed by atoms with Crippen LogP contribution in [0.25, 0.3) is 11.0 Å². The van der Waals surface area contributed by atoms with E-state index in [1.807, 2.05) is 50.2 Å². The van der Waals surface area contributed by atoms with E-state index in [1.54, 1.807) is 12.1 Å². The third-order valence-electron chi connectivity index (χ3n) is 6.27. The van der Waals surface area contributed by atoms with Crippen LogP contribution in [0, 0.1) is 13.8 Å². The van der Waals surface area contributed by atoms with Crippen LogP contribution in [0.3, 0.4) is 0 Å². The largest absolute Gasteiger partial charge is 0.494 e. The van der Waals surface area contributed by atoms with Crippen LogP contribution in [0.15, 0.2) is 48.5 Å². The van der Waals surface area contributed by atoms with Crippen LogP contribution in [-0.2, 0) is 13.1 Å². The normalized spacial score (nSPS) is 10.9. The van der Waals surface area contributed by atoms with Gasteiger partial charge in [-0.05, 0) is 67.8 Å². The van der Waals surface area contributed by atoms with Crippen molar-refractivity contribution in [1.82, 2.24) is 14.9 Å². The fourth-order valence-electron chi connectivity index (χ4n) is 4.39. The summed E-state index contributed by atoms with van der Waals surface area (Å²) in [5.74, 6) is 2.53.